The van der Waals surface area contributed by atoms with E-state index in [-0.39, 0.29) is 0 Å². The van der Waals surface area contributed by atoms with E-state index < -0.39 is 0 Å². The SMILES string of the molecule is Cc1ccc(N(c2cccc3ccccc23)c2ccc(-c3c4ccccc4c(-c4ccc5sc6ccccc6c5c4)c4ccccc34)c3ccccc23)c2ccccc12. The molecule has 1 aromatic heterocycles. The van der Waals surface area contributed by atoms with Crippen LogP contribution in [0, 0.1) is 6.92 Å². The van der Waals surface area contributed by atoms with Crippen molar-refractivity contribution in [2.24, 2.45) is 0 Å². The summed E-state index contributed by atoms with van der Waals surface area (Å²) >= 11 is 1.87. The van der Waals surface area contributed by atoms with E-state index >= 15 is 0 Å². The Hall–Kier alpha value is -7.26. The summed E-state index contributed by atoms with van der Waals surface area (Å²) in [6, 6.07) is 76.5. The Morgan fingerprint density at radius 1 is 0.322 bits per heavy atom. The number of anilines is 3. The number of thiophene rings is 1. The Labute approximate surface area is 346 Å². The molecule has 12 rings (SSSR count). The molecular formula is C57H37NS. The molecule has 0 bridgehead atoms. The van der Waals surface area contributed by atoms with Crippen molar-refractivity contribution in [3.63, 3.8) is 0 Å². The van der Waals surface area contributed by atoms with E-state index in [9.17, 15) is 0 Å². The van der Waals surface area contributed by atoms with Gasteiger partial charge in [0.2, 0.25) is 0 Å². The van der Waals surface area contributed by atoms with Gasteiger partial charge in [-0.2, -0.15) is 0 Å². The van der Waals surface area contributed by atoms with Gasteiger partial charge in [-0.3, -0.25) is 0 Å². The molecular weight excluding hydrogens is 731 g/mol. The fraction of sp³-hybridized carbons (Fsp3) is 0.0175. The first-order chi connectivity index (χ1) is 29.2. The van der Waals surface area contributed by atoms with Crippen LogP contribution in [0.15, 0.2) is 206 Å². The third kappa shape index (κ3) is 5.24. The predicted octanol–water partition coefficient (Wildman–Crippen LogP) is 16.9. The summed E-state index contributed by atoms with van der Waals surface area (Å²) in [4.78, 5) is 2.50. The number of hydrogen-bond acceptors (Lipinski definition) is 2. The number of hydrogen-bond donors (Lipinski definition) is 0. The van der Waals surface area contributed by atoms with Gasteiger partial charge in [0, 0.05) is 36.3 Å². The van der Waals surface area contributed by atoms with Crippen molar-refractivity contribution < 1.29 is 0 Å². The maximum Gasteiger partial charge on any atom is 0.0540 e. The van der Waals surface area contributed by atoms with Crippen LogP contribution in [-0.2, 0) is 0 Å². The van der Waals surface area contributed by atoms with Crippen molar-refractivity contribution in [3.8, 4) is 22.3 Å². The van der Waals surface area contributed by atoms with Gasteiger partial charge in [-0.1, -0.05) is 170 Å². The first-order valence-corrected chi connectivity index (χ1v) is 21.2. The summed E-state index contributed by atoms with van der Waals surface area (Å²) in [7, 11) is 0. The lowest BCUT2D eigenvalue weighted by Gasteiger charge is -2.30. The van der Waals surface area contributed by atoms with E-state index in [4.69, 9.17) is 0 Å². The second-order valence-corrected chi connectivity index (χ2v) is 16.7. The maximum atomic E-state index is 2.50. The van der Waals surface area contributed by atoms with Gasteiger partial charge in [0.15, 0.2) is 0 Å². The zero-order chi connectivity index (χ0) is 39.0. The standard InChI is InChI=1S/C57H37NS/c1-36-29-32-52(42-20-6-4-17-39(36)42)58(51-27-14-16-37-15-2-3-18-40(37)51)53-33-31-49(41-19-5-7-21-43(41)53)57-47-25-10-8-23-45(47)56(46-24-9-11-26-48(46)57)38-30-34-55-50(35-38)44-22-12-13-28-54(44)59-55/h2-35H,1H3. The largest absolute Gasteiger partial charge is 0.309 e. The van der Waals surface area contributed by atoms with E-state index in [1.54, 1.807) is 0 Å². The van der Waals surface area contributed by atoms with Gasteiger partial charge >= 0.3 is 0 Å². The first-order valence-electron chi connectivity index (χ1n) is 20.3. The highest BCUT2D eigenvalue weighted by Gasteiger charge is 2.23. The summed E-state index contributed by atoms with van der Waals surface area (Å²) in [5.41, 5.74) is 9.77. The Morgan fingerprint density at radius 3 is 1.53 bits per heavy atom. The molecule has 0 atom stereocenters. The van der Waals surface area contributed by atoms with Crippen molar-refractivity contribution in [1.29, 1.82) is 0 Å². The van der Waals surface area contributed by atoms with Gasteiger partial charge in [-0.25, -0.2) is 0 Å². The van der Waals surface area contributed by atoms with Crippen molar-refractivity contribution in [2.75, 3.05) is 4.90 Å². The predicted molar refractivity (Wildman–Crippen MR) is 257 cm³/mol. The van der Waals surface area contributed by atoms with E-state index in [1.807, 2.05) is 11.3 Å². The molecule has 0 radical (unpaired) electrons. The van der Waals surface area contributed by atoms with Crippen molar-refractivity contribution in [3.05, 3.63) is 212 Å². The average molecular weight is 768 g/mol. The van der Waals surface area contributed by atoms with Crippen molar-refractivity contribution >= 4 is 102 Å². The average Bonchev–Trinajstić information content (AvgIpc) is 3.67. The van der Waals surface area contributed by atoms with Gasteiger partial charge in [-0.05, 0) is 109 Å². The Bertz CT molecular complexity index is 3590. The third-order valence-electron chi connectivity index (χ3n) is 12.4. The molecule has 0 saturated carbocycles. The zero-order valence-corrected chi connectivity index (χ0v) is 33.3. The zero-order valence-electron chi connectivity index (χ0n) is 32.5. The van der Waals surface area contributed by atoms with Crippen LogP contribution < -0.4 is 4.90 Å². The van der Waals surface area contributed by atoms with Crippen LogP contribution in [-0.4, -0.2) is 0 Å². The van der Waals surface area contributed by atoms with Crippen molar-refractivity contribution in [2.45, 2.75) is 6.92 Å². The van der Waals surface area contributed by atoms with Crippen LogP contribution in [0.25, 0.3) is 96.3 Å². The lowest BCUT2D eigenvalue weighted by atomic mass is 9.84. The number of aryl methyl sites for hydroxylation is 1. The number of fused-ring (bicyclic) bond motifs is 8. The fourth-order valence-electron chi connectivity index (χ4n) is 9.73. The van der Waals surface area contributed by atoms with E-state index in [2.05, 4.69) is 218 Å². The summed E-state index contributed by atoms with van der Waals surface area (Å²) < 4.78 is 2.65. The summed E-state index contributed by atoms with van der Waals surface area (Å²) in [6.45, 7) is 2.21. The molecule has 0 spiro atoms. The van der Waals surface area contributed by atoms with Crippen LogP contribution in [0.4, 0.5) is 17.1 Å². The Kier molecular flexibility index (Phi) is 7.69. The Morgan fingerprint density at radius 2 is 0.814 bits per heavy atom. The topological polar surface area (TPSA) is 3.24 Å². The lowest BCUT2D eigenvalue weighted by Crippen LogP contribution is -2.12. The summed E-state index contributed by atoms with van der Waals surface area (Å²) in [5.74, 6) is 0. The number of benzene rings is 11. The molecule has 276 valence electrons. The summed E-state index contributed by atoms with van der Waals surface area (Å²) in [5, 5.41) is 15.0. The second-order valence-electron chi connectivity index (χ2n) is 15.6. The number of nitrogens with zero attached hydrogens (tertiary/aromatic N) is 1. The molecule has 12 aromatic rings. The molecule has 0 unspecified atom stereocenters. The number of rotatable bonds is 5. The van der Waals surface area contributed by atoms with E-state index in [0.29, 0.717) is 0 Å². The monoisotopic (exact) mass is 767 g/mol. The highest BCUT2D eigenvalue weighted by Crippen LogP contribution is 2.50. The molecule has 0 saturated heterocycles. The quantitative estimate of drug-likeness (QED) is 0.158. The molecule has 1 nitrogen and oxygen atoms in total. The highest BCUT2D eigenvalue weighted by atomic mass is 32.1. The lowest BCUT2D eigenvalue weighted by molar-refractivity contribution is 1.32. The smallest absolute Gasteiger partial charge is 0.0540 e. The molecule has 0 aliphatic rings. The molecule has 1 heterocycles. The second kappa shape index (κ2) is 13.4. The first kappa shape index (κ1) is 33.8. The fourth-order valence-corrected chi connectivity index (χ4v) is 10.8. The Balaban J connectivity index is 1.14. The van der Waals surface area contributed by atoms with Crippen LogP contribution in [0.1, 0.15) is 5.56 Å². The molecule has 0 aliphatic carbocycles. The van der Waals surface area contributed by atoms with E-state index in [0.717, 1.165) is 17.1 Å². The third-order valence-corrected chi connectivity index (χ3v) is 13.5. The van der Waals surface area contributed by atoms with Crippen LogP contribution in [0.2, 0.25) is 0 Å². The molecule has 59 heavy (non-hydrogen) atoms. The van der Waals surface area contributed by atoms with Crippen LogP contribution >= 0.6 is 11.3 Å². The van der Waals surface area contributed by atoms with Gasteiger partial charge < -0.3 is 4.90 Å². The molecule has 0 N–H and O–H groups in total. The minimum absolute atomic E-state index is 1.15. The molecule has 2 heteroatoms. The van der Waals surface area contributed by atoms with Gasteiger partial charge in [0.05, 0.1) is 17.1 Å². The maximum absolute atomic E-state index is 2.50. The highest BCUT2D eigenvalue weighted by molar-refractivity contribution is 7.25. The van der Waals surface area contributed by atoms with Crippen molar-refractivity contribution in [1.82, 2.24) is 0 Å². The minimum Gasteiger partial charge on any atom is -0.309 e. The normalized spacial score (nSPS) is 11.8. The minimum atomic E-state index is 1.15. The molecule has 0 fully saturated rings. The molecule has 11 aromatic carbocycles. The van der Waals surface area contributed by atoms with Gasteiger partial charge in [0.1, 0.15) is 0 Å². The molecule has 0 amide bonds. The van der Waals surface area contributed by atoms with Crippen LogP contribution in [0.3, 0.4) is 0 Å². The van der Waals surface area contributed by atoms with Crippen LogP contribution in [0.5, 0.6) is 0 Å². The van der Waals surface area contributed by atoms with Gasteiger partial charge in [-0.15, -0.1) is 11.3 Å². The molecule has 0 aliphatic heterocycles. The van der Waals surface area contributed by atoms with Gasteiger partial charge in [0.25, 0.3) is 0 Å². The van der Waals surface area contributed by atoms with E-state index in [1.165, 1.54) is 102 Å². The summed E-state index contributed by atoms with van der Waals surface area (Å²) in [6.07, 6.45) is 0.